The summed E-state index contributed by atoms with van der Waals surface area (Å²) in [6, 6.07) is 14.3. The number of pyridine rings is 1. The van der Waals surface area contributed by atoms with E-state index >= 15 is 0 Å². The summed E-state index contributed by atoms with van der Waals surface area (Å²) in [5.74, 6) is -1.74. The van der Waals surface area contributed by atoms with Gasteiger partial charge in [0.2, 0.25) is 17.7 Å². The highest BCUT2D eigenvalue weighted by Gasteiger charge is 2.45. The number of piperazine rings is 1. The second-order valence-electron chi connectivity index (χ2n) is 21.5. The summed E-state index contributed by atoms with van der Waals surface area (Å²) in [4.78, 5) is 102. The van der Waals surface area contributed by atoms with Crippen LogP contribution >= 0.6 is 0 Å². The van der Waals surface area contributed by atoms with Crippen LogP contribution in [0.5, 0.6) is 5.88 Å². The number of nitrogens with zero attached hydrogens (tertiary/aromatic N) is 9. The molecule has 5 aliphatic heterocycles. The lowest BCUT2D eigenvalue weighted by atomic mass is 9.90. The number of carbonyl (C=O) groups is 6. The Morgan fingerprint density at radius 2 is 1.71 bits per heavy atom. The third-order valence-electron chi connectivity index (χ3n) is 16.1. The van der Waals surface area contributed by atoms with Crippen LogP contribution in [0.4, 0.5) is 34.4 Å². The predicted molar refractivity (Wildman–Crippen MR) is 285 cm³/mol. The topological polar surface area (TPSA) is 228 Å². The minimum absolute atomic E-state index is 0.0620. The van der Waals surface area contributed by atoms with Crippen LogP contribution in [-0.4, -0.2) is 134 Å². The Kier molecular flexibility index (Phi) is 13.0. The van der Waals surface area contributed by atoms with Crippen LogP contribution in [0.2, 0.25) is 0 Å². The van der Waals surface area contributed by atoms with Gasteiger partial charge in [-0.2, -0.15) is 0 Å². The Morgan fingerprint density at radius 3 is 2.46 bits per heavy atom. The van der Waals surface area contributed by atoms with Crippen LogP contribution in [0.25, 0.3) is 11.3 Å². The maximum Gasteiger partial charge on any atom is 0.276 e. The molecule has 0 radical (unpaired) electrons. The second-order valence-corrected chi connectivity index (χ2v) is 21.5. The van der Waals surface area contributed by atoms with Crippen LogP contribution in [-0.2, 0) is 40.4 Å². The summed E-state index contributed by atoms with van der Waals surface area (Å²) in [5.41, 5.74) is 8.04. The number of hydrogen-bond donors (Lipinski definition) is 4. The average molecular weight is 1030 g/mol. The summed E-state index contributed by atoms with van der Waals surface area (Å²) in [7, 11) is 1.50. The van der Waals surface area contributed by atoms with Crippen LogP contribution < -0.4 is 35.4 Å². The summed E-state index contributed by atoms with van der Waals surface area (Å²) < 4.78 is 7.81. The SMILES string of the molecule is C=CC(=O)Nc1cc(Nc2nc(-c3ccnc(N4CCn5c(cc6c5CC(C)(C)C6)C4=O)c3CO)cnc2OC)ccc1N1CCN(C2CCN(c3ccc4c(c3)C(=O)N(C3CCC(=O)NC3=O)C4=O)[C@H](C)C2)C[C@@H]1C. The summed E-state index contributed by atoms with van der Waals surface area (Å²) in [5, 5.41) is 19.5. The third-order valence-corrected chi connectivity index (χ3v) is 16.1. The van der Waals surface area contributed by atoms with Crippen LogP contribution in [0, 0.1) is 5.41 Å². The Bertz CT molecular complexity index is 3260. The van der Waals surface area contributed by atoms with Crippen molar-refractivity contribution in [3.05, 3.63) is 107 Å². The molecule has 0 saturated carbocycles. The van der Waals surface area contributed by atoms with Crippen molar-refractivity contribution in [1.29, 1.82) is 0 Å². The summed E-state index contributed by atoms with van der Waals surface area (Å²) in [6.07, 6.45) is 8.17. The monoisotopic (exact) mass is 1030 g/mol. The summed E-state index contributed by atoms with van der Waals surface area (Å²) in [6.45, 7) is 16.2. The van der Waals surface area contributed by atoms with Crippen molar-refractivity contribution >= 4 is 69.8 Å². The number of aromatic nitrogens is 4. The maximum atomic E-state index is 14.1. The molecule has 20 heteroatoms. The van der Waals surface area contributed by atoms with Crippen molar-refractivity contribution in [1.82, 2.24) is 34.6 Å². The number of rotatable bonds is 12. The van der Waals surface area contributed by atoms with Gasteiger partial charge in [-0.25, -0.2) is 15.0 Å². The normalized spacial score (nSPS) is 22.3. The highest BCUT2D eigenvalue weighted by atomic mass is 16.5. The highest BCUT2D eigenvalue weighted by molar-refractivity contribution is 6.23. The van der Waals surface area contributed by atoms with E-state index in [1.54, 1.807) is 35.5 Å². The third kappa shape index (κ3) is 8.91. The molecular weight excluding hydrogens is 969 g/mol. The molecule has 0 bridgehead atoms. The average Bonchev–Trinajstić information content (AvgIpc) is 3.99. The lowest BCUT2D eigenvalue weighted by molar-refractivity contribution is -0.136. The van der Waals surface area contributed by atoms with Gasteiger partial charge in [-0.15, -0.1) is 0 Å². The molecular formula is C56H62N12O8. The van der Waals surface area contributed by atoms with E-state index in [-0.39, 0.29) is 59.2 Å². The van der Waals surface area contributed by atoms with E-state index in [1.807, 2.05) is 30.3 Å². The number of aliphatic hydroxyl groups is 1. The van der Waals surface area contributed by atoms with Crippen molar-refractivity contribution in [2.75, 3.05) is 65.2 Å². The van der Waals surface area contributed by atoms with Gasteiger partial charge in [-0.3, -0.25) is 48.8 Å². The molecule has 6 amide bonds. The number of aliphatic hydroxyl groups excluding tert-OH is 1. The first-order valence-electron chi connectivity index (χ1n) is 26.1. The number of piperidine rings is 2. The van der Waals surface area contributed by atoms with Crippen LogP contribution in [0.1, 0.15) is 101 Å². The van der Waals surface area contributed by atoms with Gasteiger partial charge in [0.15, 0.2) is 5.82 Å². The lowest BCUT2D eigenvalue weighted by Gasteiger charge is -2.48. The molecule has 3 saturated heterocycles. The molecule has 0 spiro atoms. The van der Waals surface area contributed by atoms with Crippen LogP contribution in [0.15, 0.2) is 73.6 Å². The number of imide groups is 2. The predicted octanol–water partition coefficient (Wildman–Crippen LogP) is 5.46. The van der Waals surface area contributed by atoms with Crippen molar-refractivity contribution in [2.45, 2.75) is 104 Å². The molecule has 4 N–H and O–H groups in total. The van der Waals surface area contributed by atoms with Gasteiger partial charge in [0.25, 0.3) is 23.6 Å². The Labute approximate surface area is 440 Å². The molecule has 8 heterocycles. The van der Waals surface area contributed by atoms with Crippen molar-refractivity contribution in [2.24, 2.45) is 5.41 Å². The van der Waals surface area contributed by atoms with E-state index in [4.69, 9.17) is 9.72 Å². The van der Waals surface area contributed by atoms with Crippen molar-refractivity contribution in [3.8, 4) is 17.1 Å². The number of benzene rings is 2. The minimum atomic E-state index is -1.02. The smallest absolute Gasteiger partial charge is 0.276 e. The highest BCUT2D eigenvalue weighted by Crippen LogP contribution is 2.42. The van der Waals surface area contributed by atoms with Gasteiger partial charge < -0.3 is 34.8 Å². The van der Waals surface area contributed by atoms with E-state index in [1.165, 1.54) is 24.4 Å². The summed E-state index contributed by atoms with van der Waals surface area (Å²) >= 11 is 0. The quantitative estimate of drug-likeness (QED) is 0.0899. The first-order valence-corrected chi connectivity index (χ1v) is 26.1. The van der Waals surface area contributed by atoms with Gasteiger partial charge >= 0.3 is 0 Å². The number of carbonyl (C=O) groups excluding carboxylic acids is 6. The van der Waals surface area contributed by atoms with E-state index in [2.05, 4.69) is 79.5 Å². The van der Waals surface area contributed by atoms with E-state index in [9.17, 15) is 33.9 Å². The number of anilines is 6. The van der Waals surface area contributed by atoms with Crippen molar-refractivity contribution < 1.29 is 38.6 Å². The zero-order valence-electron chi connectivity index (χ0n) is 43.4. The number of fused-ring (bicyclic) bond motifs is 4. The van der Waals surface area contributed by atoms with Gasteiger partial charge in [0, 0.05) is 98.2 Å². The molecule has 394 valence electrons. The Hall–Kier alpha value is -7.97. The number of methoxy groups -OCH3 is 1. The molecule has 3 aromatic heterocycles. The van der Waals surface area contributed by atoms with Gasteiger partial charge in [0.1, 0.15) is 17.6 Å². The van der Waals surface area contributed by atoms with E-state index in [0.29, 0.717) is 71.2 Å². The molecule has 6 aliphatic rings. The fraction of sp³-hybridized carbons (Fsp3) is 0.411. The fourth-order valence-corrected chi connectivity index (χ4v) is 12.4. The number of hydrogen-bond acceptors (Lipinski definition) is 15. The second kappa shape index (κ2) is 19.6. The first kappa shape index (κ1) is 50.2. The zero-order chi connectivity index (χ0) is 53.3. The van der Waals surface area contributed by atoms with Gasteiger partial charge in [0.05, 0.1) is 48.1 Å². The number of amides is 6. The molecule has 2 aromatic carbocycles. The standard InChI is InChI=1S/C56H62N12O8/c1-7-47(70)60-41-24-34(59-49-52(76-6)58-28-42(61-49)37-14-16-57-50(40(37)30-69)67-21-20-66-45(55(67)75)23-33-26-56(4,5)27-46(33)66)8-11-43(41)65-19-18-63(29-32(65)3)35-15-17-64(31(2)22-35)36-9-10-38-39(25-36)54(74)68(53(38)73)44-12-13-48(71)62-51(44)72/h7-11,14,16,23-25,28,31-32,35,44,69H,1,12-13,15,17-22,26-27,29-30H2,2-6H3,(H,59,61)(H,60,70)(H,62,71,72)/t31-,32+,35?,44?/m1/s1. The first-order chi connectivity index (χ1) is 36.5. The fourth-order valence-electron chi connectivity index (χ4n) is 12.4. The zero-order valence-corrected chi connectivity index (χ0v) is 43.4. The minimum Gasteiger partial charge on any atom is -0.478 e. The Balaban J connectivity index is 0.772. The number of nitrogens with one attached hydrogen (secondary N) is 3. The van der Waals surface area contributed by atoms with E-state index in [0.717, 1.165) is 61.6 Å². The lowest BCUT2D eigenvalue weighted by Crippen LogP contribution is -2.58. The molecule has 3 fully saturated rings. The van der Waals surface area contributed by atoms with Crippen molar-refractivity contribution in [3.63, 3.8) is 0 Å². The largest absolute Gasteiger partial charge is 0.478 e. The molecule has 2 unspecified atom stereocenters. The maximum absolute atomic E-state index is 14.1. The molecule has 20 nitrogen and oxygen atoms in total. The molecule has 11 rings (SSSR count). The van der Waals surface area contributed by atoms with Gasteiger partial charge in [-0.05, 0) is 112 Å². The Morgan fingerprint density at radius 1 is 0.895 bits per heavy atom. The number of ether oxygens (including phenoxy) is 1. The molecule has 76 heavy (non-hydrogen) atoms. The molecule has 5 aromatic rings. The molecule has 4 atom stereocenters. The van der Waals surface area contributed by atoms with Crippen LogP contribution in [0.3, 0.4) is 0 Å². The molecule has 1 aliphatic carbocycles. The van der Waals surface area contributed by atoms with E-state index < -0.39 is 36.3 Å². The van der Waals surface area contributed by atoms with Gasteiger partial charge in [-0.1, -0.05) is 20.4 Å².